The molecule has 0 radical (unpaired) electrons. The fourth-order valence-electron chi connectivity index (χ4n) is 2.01. The summed E-state index contributed by atoms with van der Waals surface area (Å²) in [6.45, 7) is 0.399. The molecule has 3 rings (SSSR count). The van der Waals surface area contributed by atoms with E-state index in [-0.39, 0.29) is 0 Å². The number of pyridine rings is 1. The minimum absolute atomic E-state index is 0.399. The number of nitrogens with zero attached hydrogens (tertiary/aromatic N) is 1. The normalized spacial score (nSPS) is 10.7. The first kappa shape index (κ1) is 13.3. The summed E-state index contributed by atoms with van der Waals surface area (Å²) in [7, 11) is 0. The van der Waals surface area contributed by atoms with Crippen molar-refractivity contribution >= 4 is 33.5 Å². The summed E-state index contributed by atoms with van der Waals surface area (Å²) in [5.74, 6) is 1.38. The second-order valence-corrected chi connectivity index (χ2v) is 5.54. The van der Waals surface area contributed by atoms with Crippen LogP contribution in [-0.2, 0) is 6.54 Å². The van der Waals surface area contributed by atoms with Gasteiger partial charge in [-0.2, -0.15) is 0 Å². The third kappa shape index (κ3) is 2.62. The van der Waals surface area contributed by atoms with Crippen molar-refractivity contribution < 1.29 is 4.74 Å². The number of rotatable bonds is 3. The molecule has 2 N–H and O–H groups in total. The molecule has 0 aliphatic heterocycles. The third-order valence-electron chi connectivity index (χ3n) is 3.03. The maximum atomic E-state index is 5.94. The van der Waals surface area contributed by atoms with E-state index in [2.05, 4.69) is 27.6 Å². The van der Waals surface area contributed by atoms with Crippen LogP contribution >= 0.6 is 22.6 Å². The molecule has 0 fully saturated rings. The maximum Gasteiger partial charge on any atom is 0.224 e. The fourth-order valence-corrected chi connectivity index (χ4v) is 2.51. The Bertz CT molecular complexity index is 758. The molecule has 3 aromatic rings. The Morgan fingerprint density at radius 1 is 1.05 bits per heavy atom. The van der Waals surface area contributed by atoms with Gasteiger partial charge in [-0.1, -0.05) is 30.3 Å². The summed E-state index contributed by atoms with van der Waals surface area (Å²) >= 11 is 2.24. The third-order valence-corrected chi connectivity index (χ3v) is 3.92. The lowest BCUT2D eigenvalue weighted by Gasteiger charge is -2.11. The molecule has 0 amide bonds. The first-order valence-corrected chi connectivity index (χ1v) is 7.37. The number of benzene rings is 2. The monoisotopic (exact) mass is 376 g/mol. The first-order chi connectivity index (χ1) is 9.78. The summed E-state index contributed by atoms with van der Waals surface area (Å²) in [5.41, 5.74) is 7.63. The Labute approximate surface area is 130 Å². The number of para-hydroxylation sites is 2. The van der Waals surface area contributed by atoms with Gasteiger partial charge in [-0.25, -0.2) is 4.98 Å². The molecule has 4 heteroatoms. The average Bonchev–Trinajstić information content (AvgIpc) is 2.49. The predicted octanol–water partition coefficient (Wildman–Crippen LogP) is 4.09. The van der Waals surface area contributed by atoms with Gasteiger partial charge in [0.1, 0.15) is 5.75 Å². The predicted molar refractivity (Wildman–Crippen MR) is 88.9 cm³/mol. The minimum Gasteiger partial charge on any atom is -0.438 e. The lowest BCUT2D eigenvalue weighted by molar-refractivity contribution is 0.455. The van der Waals surface area contributed by atoms with Crippen molar-refractivity contribution in [2.24, 2.45) is 5.73 Å². The van der Waals surface area contributed by atoms with E-state index >= 15 is 0 Å². The van der Waals surface area contributed by atoms with Crippen LogP contribution in [0, 0.1) is 3.57 Å². The van der Waals surface area contributed by atoms with Gasteiger partial charge in [0, 0.05) is 17.5 Å². The zero-order valence-corrected chi connectivity index (χ0v) is 12.9. The summed E-state index contributed by atoms with van der Waals surface area (Å²) in [5, 5.41) is 1.07. The summed E-state index contributed by atoms with van der Waals surface area (Å²) < 4.78 is 6.99. The smallest absolute Gasteiger partial charge is 0.224 e. The molecule has 0 spiro atoms. The van der Waals surface area contributed by atoms with Crippen LogP contribution in [0.2, 0.25) is 0 Å². The van der Waals surface area contributed by atoms with Gasteiger partial charge in [-0.05, 0) is 46.9 Å². The van der Waals surface area contributed by atoms with Crippen LogP contribution in [0.1, 0.15) is 5.56 Å². The molecule has 0 aliphatic carbocycles. The van der Waals surface area contributed by atoms with E-state index in [0.717, 1.165) is 25.8 Å². The van der Waals surface area contributed by atoms with Gasteiger partial charge >= 0.3 is 0 Å². The Kier molecular flexibility index (Phi) is 3.84. The minimum atomic E-state index is 0.399. The quantitative estimate of drug-likeness (QED) is 0.701. The van der Waals surface area contributed by atoms with Gasteiger partial charge in [-0.3, -0.25) is 0 Å². The molecular formula is C16H13IN2O. The van der Waals surface area contributed by atoms with Crippen LogP contribution in [0.5, 0.6) is 11.6 Å². The van der Waals surface area contributed by atoms with Gasteiger partial charge in [0.05, 0.1) is 9.09 Å². The van der Waals surface area contributed by atoms with E-state index in [1.165, 1.54) is 0 Å². The van der Waals surface area contributed by atoms with E-state index in [9.17, 15) is 0 Å². The first-order valence-electron chi connectivity index (χ1n) is 6.29. The lowest BCUT2D eigenvalue weighted by Crippen LogP contribution is -2.02. The van der Waals surface area contributed by atoms with Crippen molar-refractivity contribution in [2.45, 2.75) is 6.54 Å². The SMILES string of the molecule is NCc1cc2ccccc2nc1Oc1ccccc1I. The van der Waals surface area contributed by atoms with Crippen molar-refractivity contribution in [1.29, 1.82) is 0 Å². The molecular weight excluding hydrogens is 363 g/mol. The molecule has 0 saturated carbocycles. The molecule has 0 aliphatic rings. The van der Waals surface area contributed by atoms with E-state index in [1.807, 2.05) is 54.6 Å². The highest BCUT2D eigenvalue weighted by atomic mass is 127. The number of hydrogen-bond acceptors (Lipinski definition) is 3. The second kappa shape index (κ2) is 5.76. The Hall–Kier alpha value is -1.66. The van der Waals surface area contributed by atoms with Crippen LogP contribution in [0.4, 0.5) is 0 Å². The van der Waals surface area contributed by atoms with Crippen LogP contribution in [0.3, 0.4) is 0 Å². The molecule has 0 atom stereocenters. The summed E-state index contributed by atoms with van der Waals surface area (Å²) in [4.78, 5) is 4.58. The standard InChI is InChI=1S/C16H13IN2O/c17-13-6-2-4-8-15(13)20-16-12(10-18)9-11-5-1-3-7-14(11)19-16/h1-9H,10,18H2. The maximum absolute atomic E-state index is 5.94. The fraction of sp³-hybridized carbons (Fsp3) is 0.0625. The van der Waals surface area contributed by atoms with E-state index in [4.69, 9.17) is 10.5 Å². The molecule has 0 saturated heterocycles. The Balaban J connectivity index is 2.08. The molecule has 20 heavy (non-hydrogen) atoms. The summed E-state index contributed by atoms with van der Waals surface area (Å²) in [6, 6.07) is 17.8. The molecule has 0 unspecified atom stereocenters. The van der Waals surface area contributed by atoms with Crippen LogP contribution in [0.15, 0.2) is 54.6 Å². The van der Waals surface area contributed by atoms with E-state index in [1.54, 1.807) is 0 Å². The Morgan fingerprint density at radius 2 is 1.80 bits per heavy atom. The number of halogens is 1. The van der Waals surface area contributed by atoms with Gasteiger partial charge < -0.3 is 10.5 Å². The molecule has 3 nitrogen and oxygen atoms in total. The molecule has 0 bridgehead atoms. The summed E-state index contributed by atoms with van der Waals surface area (Å²) in [6.07, 6.45) is 0. The lowest BCUT2D eigenvalue weighted by atomic mass is 10.1. The number of nitrogens with two attached hydrogens (primary N) is 1. The Morgan fingerprint density at radius 3 is 2.60 bits per heavy atom. The van der Waals surface area contributed by atoms with Crippen LogP contribution in [-0.4, -0.2) is 4.98 Å². The topological polar surface area (TPSA) is 48.1 Å². The van der Waals surface area contributed by atoms with Crippen LogP contribution in [0.25, 0.3) is 10.9 Å². The van der Waals surface area contributed by atoms with Crippen LogP contribution < -0.4 is 10.5 Å². The zero-order valence-electron chi connectivity index (χ0n) is 10.7. The largest absolute Gasteiger partial charge is 0.438 e. The highest BCUT2D eigenvalue weighted by Crippen LogP contribution is 2.29. The van der Waals surface area contributed by atoms with Gasteiger partial charge in [0.15, 0.2) is 0 Å². The van der Waals surface area contributed by atoms with Crippen molar-refractivity contribution in [2.75, 3.05) is 0 Å². The van der Waals surface area contributed by atoms with Crippen molar-refractivity contribution in [3.63, 3.8) is 0 Å². The molecule has 100 valence electrons. The van der Waals surface area contributed by atoms with Gasteiger partial charge in [-0.15, -0.1) is 0 Å². The zero-order chi connectivity index (χ0) is 13.9. The molecule has 1 aromatic heterocycles. The second-order valence-electron chi connectivity index (χ2n) is 4.38. The highest BCUT2D eigenvalue weighted by molar-refractivity contribution is 14.1. The number of ether oxygens (including phenoxy) is 1. The number of aromatic nitrogens is 1. The van der Waals surface area contributed by atoms with E-state index < -0.39 is 0 Å². The van der Waals surface area contributed by atoms with Crippen molar-refractivity contribution in [3.05, 3.63) is 63.7 Å². The van der Waals surface area contributed by atoms with Gasteiger partial charge in [0.25, 0.3) is 0 Å². The molecule has 1 heterocycles. The van der Waals surface area contributed by atoms with Crippen molar-refractivity contribution in [1.82, 2.24) is 4.98 Å². The number of hydrogen-bond donors (Lipinski definition) is 1. The van der Waals surface area contributed by atoms with Crippen molar-refractivity contribution in [3.8, 4) is 11.6 Å². The highest BCUT2D eigenvalue weighted by Gasteiger charge is 2.09. The van der Waals surface area contributed by atoms with E-state index in [0.29, 0.717) is 12.4 Å². The molecule has 2 aromatic carbocycles. The number of fused-ring (bicyclic) bond motifs is 1. The van der Waals surface area contributed by atoms with Gasteiger partial charge in [0.2, 0.25) is 5.88 Å². The average molecular weight is 376 g/mol.